The van der Waals surface area contributed by atoms with Crippen molar-refractivity contribution in [3.63, 3.8) is 0 Å². The smallest absolute Gasteiger partial charge is 0.343 e. The molecule has 0 saturated heterocycles. The van der Waals surface area contributed by atoms with Crippen LogP contribution in [0.2, 0.25) is 0 Å². The fourth-order valence-corrected chi connectivity index (χ4v) is 1.63. The lowest BCUT2D eigenvalue weighted by atomic mass is 10.0. The molecule has 0 aliphatic carbocycles. The van der Waals surface area contributed by atoms with E-state index >= 15 is 0 Å². The van der Waals surface area contributed by atoms with Crippen molar-refractivity contribution in [1.82, 2.24) is 0 Å². The number of benzene rings is 2. The Labute approximate surface area is 94.6 Å². The minimum Gasteiger partial charge on any atom is -0.508 e. The van der Waals surface area contributed by atoms with E-state index in [1.54, 1.807) is 0 Å². The van der Waals surface area contributed by atoms with Crippen molar-refractivity contribution in [2.45, 2.75) is 0 Å². The molecule has 88 valence electrons. The summed E-state index contributed by atoms with van der Waals surface area (Å²) in [6, 6.07) is 3.57. The molecule has 0 unspecified atom stereocenters. The van der Waals surface area contributed by atoms with E-state index in [0.717, 1.165) is 6.07 Å². The van der Waals surface area contributed by atoms with E-state index in [1.807, 2.05) is 0 Å². The molecule has 5 N–H and O–H groups in total. The second kappa shape index (κ2) is 3.44. The molecule has 0 heterocycles. The van der Waals surface area contributed by atoms with Crippen LogP contribution in [0.4, 0.5) is 0 Å². The maximum Gasteiger partial charge on any atom is 0.343 e. The monoisotopic (exact) mass is 236 g/mol. The Morgan fingerprint density at radius 2 is 1.53 bits per heavy atom. The first-order valence-electron chi connectivity index (χ1n) is 4.56. The fourth-order valence-electron chi connectivity index (χ4n) is 1.63. The molecule has 0 aromatic heterocycles. The summed E-state index contributed by atoms with van der Waals surface area (Å²) in [5.41, 5.74) is -0.777. The van der Waals surface area contributed by atoms with E-state index in [1.165, 1.54) is 12.1 Å². The van der Waals surface area contributed by atoms with Gasteiger partial charge in [-0.05, 0) is 18.2 Å². The van der Waals surface area contributed by atoms with Gasteiger partial charge in [-0.3, -0.25) is 0 Å². The number of rotatable bonds is 1. The molecule has 2 rings (SSSR count). The van der Waals surface area contributed by atoms with Crippen LogP contribution in [0.3, 0.4) is 0 Å². The highest BCUT2D eigenvalue weighted by Crippen LogP contribution is 2.44. The average Bonchev–Trinajstić information content (AvgIpc) is 2.25. The van der Waals surface area contributed by atoms with Crippen molar-refractivity contribution in [2.75, 3.05) is 0 Å². The molecule has 6 heteroatoms. The van der Waals surface area contributed by atoms with Crippen LogP contribution in [-0.2, 0) is 0 Å². The van der Waals surface area contributed by atoms with Gasteiger partial charge in [0.1, 0.15) is 17.1 Å². The predicted molar refractivity (Wildman–Crippen MR) is 57.6 cm³/mol. The molecule has 0 fully saturated rings. The second-order valence-corrected chi connectivity index (χ2v) is 3.46. The lowest BCUT2D eigenvalue weighted by Gasteiger charge is -2.10. The lowest BCUT2D eigenvalue weighted by molar-refractivity contribution is 0.0690. The summed E-state index contributed by atoms with van der Waals surface area (Å²) in [6.45, 7) is 0. The highest BCUT2D eigenvalue weighted by molar-refractivity contribution is 6.06. The lowest BCUT2D eigenvalue weighted by Crippen LogP contribution is -1.98. The Hall–Kier alpha value is -2.63. The van der Waals surface area contributed by atoms with Gasteiger partial charge in [0.2, 0.25) is 0 Å². The Balaban J connectivity index is 3.00. The van der Waals surface area contributed by atoms with Crippen molar-refractivity contribution in [3.8, 4) is 23.0 Å². The molecule has 0 aliphatic rings. The normalized spacial score (nSPS) is 10.6. The van der Waals surface area contributed by atoms with E-state index in [0.29, 0.717) is 0 Å². The van der Waals surface area contributed by atoms with Crippen molar-refractivity contribution in [3.05, 3.63) is 23.8 Å². The second-order valence-electron chi connectivity index (χ2n) is 3.46. The van der Waals surface area contributed by atoms with Gasteiger partial charge < -0.3 is 25.5 Å². The summed E-state index contributed by atoms with van der Waals surface area (Å²) in [5.74, 6) is -4.05. The van der Waals surface area contributed by atoms with E-state index in [4.69, 9.17) is 5.11 Å². The van der Waals surface area contributed by atoms with E-state index < -0.39 is 28.8 Å². The molecule has 2 aromatic carbocycles. The zero-order chi connectivity index (χ0) is 12.7. The topological polar surface area (TPSA) is 118 Å². The first-order valence-corrected chi connectivity index (χ1v) is 4.56. The largest absolute Gasteiger partial charge is 0.508 e. The molecule has 6 nitrogen and oxygen atoms in total. The minimum absolute atomic E-state index is 0.0236. The van der Waals surface area contributed by atoms with Crippen LogP contribution in [0, 0.1) is 0 Å². The van der Waals surface area contributed by atoms with Gasteiger partial charge in [0, 0.05) is 10.8 Å². The van der Waals surface area contributed by atoms with Crippen LogP contribution >= 0.6 is 0 Å². The van der Waals surface area contributed by atoms with Crippen LogP contribution in [-0.4, -0.2) is 31.5 Å². The highest BCUT2D eigenvalue weighted by Gasteiger charge is 2.23. The third kappa shape index (κ3) is 1.46. The van der Waals surface area contributed by atoms with E-state index in [2.05, 4.69) is 0 Å². The molecule has 0 bridgehead atoms. The Kier molecular flexibility index (Phi) is 2.20. The van der Waals surface area contributed by atoms with E-state index in [9.17, 15) is 25.2 Å². The van der Waals surface area contributed by atoms with Crippen LogP contribution < -0.4 is 0 Å². The zero-order valence-electron chi connectivity index (χ0n) is 8.38. The number of phenols is 4. The molecule has 0 radical (unpaired) electrons. The van der Waals surface area contributed by atoms with Crippen LogP contribution in [0.25, 0.3) is 10.8 Å². The molecular weight excluding hydrogens is 228 g/mol. The number of hydrogen-bond donors (Lipinski definition) is 5. The molecule has 0 saturated carbocycles. The first kappa shape index (κ1) is 10.9. The van der Waals surface area contributed by atoms with Gasteiger partial charge in [0.15, 0.2) is 11.5 Å². The number of carboxylic acid groups (broad SMARTS) is 1. The Bertz CT molecular complexity index is 632. The molecule has 2 aromatic rings. The van der Waals surface area contributed by atoms with Crippen molar-refractivity contribution >= 4 is 16.7 Å². The van der Waals surface area contributed by atoms with E-state index in [-0.39, 0.29) is 16.5 Å². The first-order chi connectivity index (χ1) is 7.93. The number of carbonyl (C=O) groups is 1. The summed E-state index contributed by atoms with van der Waals surface area (Å²) >= 11 is 0. The van der Waals surface area contributed by atoms with Gasteiger partial charge in [-0.1, -0.05) is 0 Å². The number of carboxylic acids is 1. The van der Waals surface area contributed by atoms with Gasteiger partial charge in [-0.25, -0.2) is 4.79 Å². The Morgan fingerprint density at radius 3 is 2.12 bits per heavy atom. The molecule has 0 atom stereocenters. The molecule has 0 spiro atoms. The standard InChI is InChI=1S/C11H8O6/c12-4-1-2-5-6(3-4)9(14)10(15)7(8(5)13)11(16)17/h1-3,12-15H,(H,16,17). The predicted octanol–water partition coefficient (Wildman–Crippen LogP) is 1.36. The van der Waals surface area contributed by atoms with Gasteiger partial charge in [0.25, 0.3) is 0 Å². The van der Waals surface area contributed by atoms with Crippen molar-refractivity contribution in [1.29, 1.82) is 0 Å². The number of hydrogen-bond acceptors (Lipinski definition) is 5. The zero-order valence-corrected chi connectivity index (χ0v) is 8.38. The molecular formula is C11H8O6. The van der Waals surface area contributed by atoms with Gasteiger partial charge in [-0.2, -0.15) is 0 Å². The van der Waals surface area contributed by atoms with Crippen molar-refractivity contribution in [2.24, 2.45) is 0 Å². The summed E-state index contributed by atoms with van der Waals surface area (Å²) in [6.07, 6.45) is 0. The number of fused-ring (bicyclic) bond motifs is 1. The number of aromatic hydroxyl groups is 4. The molecule has 17 heavy (non-hydrogen) atoms. The third-order valence-corrected chi connectivity index (χ3v) is 2.43. The van der Waals surface area contributed by atoms with Crippen LogP contribution in [0.1, 0.15) is 10.4 Å². The fraction of sp³-hybridized carbons (Fsp3) is 0. The summed E-state index contributed by atoms with van der Waals surface area (Å²) < 4.78 is 0. The summed E-state index contributed by atoms with van der Waals surface area (Å²) in [4.78, 5) is 10.8. The van der Waals surface area contributed by atoms with Gasteiger partial charge in [0.05, 0.1) is 0 Å². The maximum absolute atomic E-state index is 10.8. The number of phenolic OH excluding ortho intramolecular Hbond substituents is 2. The SMILES string of the molecule is O=C(O)c1c(O)c(O)c2cc(O)ccc2c1O. The average molecular weight is 236 g/mol. The third-order valence-electron chi connectivity index (χ3n) is 2.43. The molecule has 0 aliphatic heterocycles. The van der Waals surface area contributed by atoms with Crippen molar-refractivity contribution < 1.29 is 30.3 Å². The minimum atomic E-state index is -1.56. The van der Waals surface area contributed by atoms with Crippen LogP contribution in [0.15, 0.2) is 18.2 Å². The van der Waals surface area contributed by atoms with Gasteiger partial charge >= 0.3 is 5.97 Å². The van der Waals surface area contributed by atoms with Crippen LogP contribution in [0.5, 0.6) is 23.0 Å². The number of aromatic carboxylic acids is 1. The Morgan fingerprint density at radius 1 is 0.882 bits per heavy atom. The quantitative estimate of drug-likeness (QED) is 0.377. The molecule has 0 amide bonds. The van der Waals surface area contributed by atoms with Gasteiger partial charge in [-0.15, -0.1) is 0 Å². The maximum atomic E-state index is 10.8. The summed E-state index contributed by atoms with van der Waals surface area (Å²) in [5, 5.41) is 46.8. The summed E-state index contributed by atoms with van der Waals surface area (Å²) in [7, 11) is 0. The highest BCUT2D eigenvalue weighted by atomic mass is 16.4.